The molecule has 0 aliphatic carbocycles. The zero-order chi connectivity index (χ0) is 11.4. The Bertz CT molecular complexity index is 349. The van der Waals surface area contributed by atoms with E-state index >= 15 is 0 Å². The SMILES string of the molecule is COc1cc(CC(C)=O)cc(OC)c1Br. The highest BCUT2D eigenvalue weighted by atomic mass is 79.9. The highest BCUT2D eigenvalue weighted by Gasteiger charge is 2.10. The van der Waals surface area contributed by atoms with Crippen LogP contribution in [-0.4, -0.2) is 20.0 Å². The largest absolute Gasteiger partial charge is 0.495 e. The molecule has 0 aliphatic rings. The minimum atomic E-state index is 0.112. The van der Waals surface area contributed by atoms with E-state index in [2.05, 4.69) is 15.9 Å². The van der Waals surface area contributed by atoms with Gasteiger partial charge in [0.05, 0.1) is 14.2 Å². The van der Waals surface area contributed by atoms with Gasteiger partial charge < -0.3 is 9.47 Å². The maximum Gasteiger partial charge on any atom is 0.137 e. The number of hydrogen-bond donors (Lipinski definition) is 0. The molecule has 1 aromatic carbocycles. The van der Waals surface area contributed by atoms with Gasteiger partial charge in [-0.25, -0.2) is 0 Å². The van der Waals surface area contributed by atoms with Crippen LogP contribution in [0, 0.1) is 0 Å². The van der Waals surface area contributed by atoms with Gasteiger partial charge in [-0.05, 0) is 40.5 Å². The van der Waals surface area contributed by atoms with E-state index in [4.69, 9.17) is 9.47 Å². The summed E-state index contributed by atoms with van der Waals surface area (Å²) in [5.41, 5.74) is 0.888. The number of Topliss-reactive ketones (excluding diaryl/α,β-unsaturated/α-hetero) is 1. The van der Waals surface area contributed by atoms with Crippen molar-refractivity contribution in [1.29, 1.82) is 0 Å². The van der Waals surface area contributed by atoms with Crippen molar-refractivity contribution in [3.63, 3.8) is 0 Å². The molecule has 0 amide bonds. The molecule has 4 heteroatoms. The Labute approximate surface area is 97.5 Å². The van der Waals surface area contributed by atoms with Gasteiger partial charge in [-0.2, -0.15) is 0 Å². The molecule has 0 aliphatic heterocycles. The minimum absolute atomic E-state index is 0.112. The fraction of sp³-hybridized carbons (Fsp3) is 0.364. The van der Waals surface area contributed by atoms with Gasteiger partial charge in [0.25, 0.3) is 0 Å². The number of rotatable bonds is 4. The van der Waals surface area contributed by atoms with Crippen LogP contribution in [0.15, 0.2) is 16.6 Å². The quantitative estimate of drug-likeness (QED) is 0.845. The van der Waals surface area contributed by atoms with E-state index in [1.165, 1.54) is 0 Å². The lowest BCUT2D eigenvalue weighted by molar-refractivity contribution is -0.116. The Morgan fingerprint density at radius 2 is 1.73 bits per heavy atom. The summed E-state index contributed by atoms with van der Waals surface area (Å²) in [6.45, 7) is 1.56. The summed E-state index contributed by atoms with van der Waals surface area (Å²) in [6.07, 6.45) is 0.389. The summed E-state index contributed by atoms with van der Waals surface area (Å²) in [7, 11) is 3.16. The summed E-state index contributed by atoms with van der Waals surface area (Å²) in [6, 6.07) is 3.65. The van der Waals surface area contributed by atoms with Crippen molar-refractivity contribution < 1.29 is 14.3 Å². The molecule has 0 N–H and O–H groups in total. The maximum atomic E-state index is 11.0. The standard InChI is InChI=1S/C11H13BrO3/c1-7(13)4-8-5-9(14-2)11(12)10(6-8)15-3/h5-6H,4H2,1-3H3. The Balaban J connectivity index is 3.14. The van der Waals surface area contributed by atoms with Gasteiger partial charge in [0.1, 0.15) is 21.8 Å². The highest BCUT2D eigenvalue weighted by Crippen LogP contribution is 2.35. The van der Waals surface area contributed by atoms with Gasteiger partial charge >= 0.3 is 0 Å². The van der Waals surface area contributed by atoms with Crippen molar-refractivity contribution in [3.8, 4) is 11.5 Å². The van der Waals surface area contributed by atoms with Crippen molar-refractivity contribution >= 4 is 21.7 Å². The van der Waals surface area contributed by atoms with E-state index in [9.17, 15) is 4.79 Å². The molecule has 3 nitrogen and oxygen atoms in total. The third-order valence-corrected chi connectivity index (χ3v) is 2.74. The molecule has 1 rings (SSSR count). The lowest BCUT2D eigenvalue weighted by Crippen LogP contribution is -1.99. The van der Waals surface area contributed by atoms with Gasteiger partial charge in [0, 0.05) is 6.42 Å². The second-order valence-corrected chi connectivity index (χ2v) is 3.99. The molecular weight excluding hydrogens is 260 g/mol. The Kier molecular flexibility index (Phi) is 4.15. The van der Waals surface area contributed by atoms with E-state index in [0.29, 0.717) is 17.9 Å². The average Bonchev–Trinajstić information content (AvgIpc) is 2.19. The van der Waals surface area contributed by atoms with Crippen LogP contribution < -0.4 is 9.47 Å². The molecule has 15 heavy (non-hydrogen) atoms. The third kappa shape index (κ3) is 2.96. The fourth-order valence-corrected chi connectivity index (χ4v) is 1.87. The summed E-state index contributed by atoms with van der Waals surface area (Å²) in [5.74, 6) is 1.46. The lowest BCUT2D eigenvalue weighted by Gasteiger charge is -2.10. The van der Waals surface area contributed by atoms with Crippen LogP contribution in [0.2, 0.25) is 0 Å². The van der Waals surface area contributed by atoms with Crippen molar-refractivity contribution in [2.75, 3.05) is 14.2 Å². The third-order valence-electron chi connectivity index (χ3n) is 1.96. The molecule has 0 atom stereocenters. The maximum absolute atomic E-state index is 11.0. The predicted molar refractivity (Wildman–Crippen MR) is 61.6 cm³/mol. The number of halogens is 1. The van der Waals surface area contributed by atoms with Crippen molar-refractivity contribution in [2.45, 2.75) is 13.3 Å². The predicted octanol–water partition coefficient (Wildman–Crippen LogP) is 2.60. The van der Waals surface area contributed by atoms with Crippen LogP contribution in [-0.2, 0) is 11.2 Å². The molecule has 0 radical (unpaired) electrons. The van der Waals surface area contributed by atoms with Gasteiger partial charge in [-0.1, -0.05) is 0 Å². The second-order valence-electron chi connectivity index (χ2n) is 3.19. The first kappa shape index (κ1) is 12.0. The van der Waals surface area contributed by atoms with Crippen molar-refractivity contribution in [3.05, 3.63) is 22.2 Å². The second kappa shape index (κ2) is 5.16. The van der Waals surface area contributed by atoms with Crippen LogP contribution in [0.25, 0.3) is 0 Å². The average molecular weight is 273 g/mol. The van der Waals surface area contributed by atoms with Gasteiger partial charge in [-0.3, -0.25) is 4.79 Å². The van der Waals surface area contributed by atoms with Crippen LogP contribution in [0.4, 0.5) is 0 Å². The number of carbonyl (C=O) groups is 1. The zero-order valence-corrected chi connectivity index (χ0v) is 10.6. The summed E-state index contributed by atoms with van der Waals surface area (Å²) in [4.78, 5) is 11.0. The number of ketones is 1. The molecule has 82 valence electrons. The van der Waals surface area contributed by atoms with Crippen molar-refractivity contribution in [1.82, 2.24) is 0 Å². The van der Waals surface area contributed by atoms with Crippen LogP contribution in [0.1, 0.15) is 12.5 Å². The lowest BCUT2D eigenvalue weighted by atomic mass is 10.1. The monoisotopic (exact) mass is 272 g/mol. The van der Waals surface area contributed by atoms with E-state index in [0.717, 1.165) is 10.0 Å². The van der Waals surface area contributed by atoms with Crippen LogP contribution in [0.5, 0.6) is 11.5 Å². The summed E-state index contributed by atoms with van der Waals surface area (Å²) in [5, 5.41) is 0. The van der Waals surface area contributed by atoms with Crippen molar-refractivity contribution in [2.24, 2.45) is 0 Å². The Morgan fingerprint density at radius 3 is 2.07 bits per heavy atom. The molecule has 1 aromatic rings. The van der Waals surface area contributed by atoms with Gasteiger partial charge in [0.15, 0.2) is 0 Å². The minimum Gasteiger partial charge on any atom is -0.495 e. The van der Waals surface area contributed by atoms with E-state index in [1.54, 1.807) is 21.1 Å². The number of carbonyl (C=O) groups excluding carboxylic acids is 1. The summed E-state index contributed by atoms with van der Waals surface area (Å²) >= 11 is 3.37. The zero-order valence-electron chi connectivity index (χ0n) is 8.96. The number of methoxy groups -OCH3 is 2. The van der Waals surface area contributed by atoms with Crippen LogP contribution in [0.3, 0.4) is 0 Å². The number of benzene rings is 1. The van der Waals surface area contributed by atoms with E-state index in [1.807, 2.05) is 12.1 Å². The summed E-state index contributed by atoms with van der Waals surface area (Å²) < 4.78 is 11.1. The molecular formula is C11H13BrO3. The molecule has 0 aromatic heterocycles. The molecule has 0 bridgehead atoms. The van der Waals surface area contributed by atoms with E-state index < -0.39 is 0 Å². The first-order valence-corrected chi connectivity index (χ1v) is 5.27. The topological polar surface area (TPSA) is 35.5 Å². The van der Waals surface area contributed by atoms with Gasteiger partial charge in [0.2, 0.25) is 0 Å². The molecule has 0 saturated carbocycles. The Hall–Kier alpha value is -1.03. The molecule has 0 saturated heterocycles. The smallest absolute Gasteiger partial charge is 0.137 e. The number of ether oxygens (including phenoxy) is 2. The van der Waals surface area contributed by atoms with E-state index in [-0.39, 0.29) is 5.78 Å². The number of hydrogen-bond acceptors (Lipinski definition) is 3. The Morgan fingerprint density at radius 1 is 1.27 bits per heavy atom. The fourth-order valence-electron chi connectivity index (χ4n) is 1.31. The molecule has 0 spiro atoms. The normalized spacial score (nSPS) is 9.87. The molecule has 0 unspecified atom stereocenters. The molecule has 0 heterocycles. The van der Waals surface area contributed by atoms with Gasteiger partial charge in [-0.15, -0.1) is 0 Å². The van der Waals surface area contributed by atoms with Crippen LogP contribution >= 0.6 is 15.9 Å². The first-order chi connectivity index (χ1) is 7.08. The molecule has 0 fully saturated rings. The first-order valence-electron chi connectivity index (χ1n) is 4.48. The highest BCUT2D eigenvalue weighted by molar-refractivity contribution is 9.10.